The third kappa shape index (κ3) is 2.89. The molecule has 0 saturated heterocycles. The summed E-state index contributed by atoms with van der Waals surface area (Å²) in [5.41, 5.74) is 1.18. The molecule has 0 radical (unpaired) electrons. The van der Waals surface area contributed by atoms with E-state index in [-0.39, 0.29) is 10.8 Å². The van der Waals surface area contributed by atoms with Crippen LogP contribution in [0.4, 0.5) is 4.39 Å². The second kappa shape index (κ2) is 5.60. The number of nitriles is 1. The van der Waals surface area contributed by atoms with E-state index in [2.05, 4.69) is 15.9 Å². The van der Waals surface area contributed by atoms with E-state index in [4.69, 9.17) is 21.6 Å². The van der Waals surface area contributed by atoms with E-state index < -0.39 is 5.82 Å². The average molecular weight is 341 g/mol. The standard InChI is InChI=1S/C14H8BrClFNO/c1-8-3-2-4-9(7-18)14(8)19-13-6-12(17)11(16)5-10(13)15/h2-6H,1H3. The maximum atomic E-state index is 13.4. The van der Waals surface area contributed by atoms with Crippen LogP contribution in [-0.2, 0) is 0 Å². The van der Waals surface area contributed by atoms with Gasteiger partial charge in [-0.1, -0.05) is 23.7 Å². The van der Waals surface area contributed by atoms with Crippen LogP contribution in [0.15, 0.2) is 34.8 Å². The van der Waals surface area contributed by atoms with Crippen molar-refractivity contribution in [1.29, 1.82) is 5.26 Å². The molecule has 0 fully saturated rings. The van der Waals surface area contributed by atoms with Crippen LogP contribution in [0.25, 0.3) is 0 Å². The number of benzene rings is 2. The van der Waals surface area contributed by atoms with E-state index >= 15 is 0 Å². The van der Waals surface area contributed by atoms with Gasteiger partial charge < -0.3 is 4.74 Å². The quantitative estimate of drug-likeness (QED) is 0.703. The van der Waals surface area contributed by atoms with Crippen LogP contribution >= 0.6 is 27.5 Å². The zero-order valence-electron chi connectivity index (χ0n) is 9.88. The van der Waals surface area contributed by atoms with Gasteiger partial charge in [-0.25, -0.2) is 4.39 Å². The summed E-state index contributed by atoms with van der Waals surface area (Å²) in [4.78, 5) is 0. The van der Waals surface area contributed by atoms with Crippen LogP contribution in [0.5, 0.6) is 11.5 Å². The molecule has 0 aliphatic carbocycles. The molecule has 5 heteroatoms. The zero-order chi connectivity index (χ0) is 14.0. The summed E-state index contributed by atoms with van der Waals surface area (Å²) in [5.74, 6) is 0.104. The monoisotopic (exact) mass is 339 g/mol. The van der Waals surface area contributed by atoms with Crippen molar-refractivity contribution in [2.75, 3.05) is 0 Å². The number of hydrogen-bond acceptors (Lipinski definition) is 2. The fourth-order valence-electron chi connectivity index (χ4n) is 1.57. The molecular formula is C14H8BrClFNO. The fourth-order valence-corrected chi connectivity index (χ4v) is 2.29. The Morgan fingerprint density at radius 3 is 2.79 bits per heavy atom. The lowest BCUT2D eigenvalue weighted by atomic mass is 10.1. The normalized spacial score (nSPS) is 10.1. The first kappa shape index (κ1) is 13.9. The minimum atomic E-state index is -0.577. The number of halogens is 3. The van der Waals surface area contributed by atoms with Crippen molar-refractivity contribution < 1.29 is 9.13 Å². The number of hydrogen-bond donors (Lipinski definition) is 0. The van der Waals surface area contributed by atoms with Crippen LogP contribution in [0.3, 0.4) is 0 Å². The Morgan fingerprint density at radius 1 is 1.37 bits per heavy atom. The lowest BCUT2D eigenvalue weighted by Gasteiger charge is -2.12. The Kier molecular flexibility index (Phi) is 4.08. The number of aryl methyl sites for hydroxylation is 1. The van der Waals surface area contributed by atoms with E-state index in [9.17, 15) is 4.39 Å². The molecule has 0 aromatic heterocycles. The summed E-state index contributed by atoms with van der Waals surface area (Å²) in [6.07, 6.45) is 0. The number of rotatable bonds is 2. The minimum Gasteiger partial charge on any atom is -0.454 e. The van der Waals surface area contributed by atoms with Gasteiger partial charge in [-0.2, -0.15) is 5.26 Å². The molecule has 2 aromatic carbocycles. The lowest BCUT2D eigenvalue weighted by molar-refractivity contribution is 0.468. The van der Waals surface area contributed by atoms with Gasteiger partial charge in [0.05, 0.1) is 15.1 Å². The Morgan fingerprint density at radius 2 is 2.11 bits per heavy atom. The molecule has 0 spiro atoms. The highest BCUT2D eigenvalue weighted by atomic mass is 79.9. The maximum absolute atomic E-state index is 13.4. The molecule has 0 atom stereocenters. The van der Waals surface area contributed by atoms with Gasteiger partial charge in [0.1, 0.15) is 23.4 Å². The summed E-state index contributed by atoms with van der Waals surface area (Å²) in [5, 5.41) is 9.06. The van der Waals surface area contributed by atoms with Gasteiger partial charge in [-0.15, -0.1) is 0 Å². The highest BCUT2D eigenvalue weighted by Gasteiger charge is 2.12. The zero-order valence-corrected chi connectivity index (χ0v) is 12.2. The van der Waals surface area contributed by atoms with Gasteiger partial charge >= 0.3 is 0 Å². The van der Waals surface area contributed by atoms with Crippen molar-refractivity contribution in [2.45, 2.75) is 6.92 Å². The molecule has 0 heterocycles. The van der Waals surface area contributed by atoms with Crippen molar-refractivity contribution in [1.82, 2.24) is 0 Å². The first-order valence-corrected chi connectivity index (χ1v) is 6.52. The van der Waals surface area contributed by atoms with Gasteiger partial charge in [0, 0.05) is 6.07 Å². The molecule has 2 nitrogen and oxygen atoms in total. The highest BCUT2D eigenvalue weighted by molar-refractivity contribution is 9.10. The van der Waals surface area contributed by atoms with E-state index in [1.807, 2.05) is 19.1 Å². The molecule has 96 valence electrons. The first-order valence-electron chi connectivity index (χ1n) is 5.35. The van der Waals surface area contributed by atoms with E-state index in [0.717, 1.165) is 5.56 Å². The smallest absolute Gasteiger partial charge is 0.148 e. The molecule has 0 N–H and O–H groups in total. The van der Waals surface area contributed by atoms with Crippen molar-refractivity contribution in [3.8, 4) is 17.6 Å². The second-order valence-corrected chi connectivity index (χ2v) is 5.12. The maximum Gasteiger partial charge on any atom is 0.148 e. The van der Waals surface area contributed by atoms with Crippen molar-refractivity contribution in [3.05, 3.63) is 56.8 Å². The summed E-state index contributed by atoms with van der Waals surface area (Å²) in [7, 11) is 0. The Balaban J connectivity index is 2.48. The molecule has 0 bridgehead atoms. The summed E-state index contributed by atoms with van der Waals surface area (Å²) < 4.78 is 19.6. The van der Waals surface area contributed by atoms with Crippen LogP contribution in [0, 0.1) is 24.1 Å². The molecule has 2 rings (SSSR count). The topological polar surface area (TPSA) is 33.0 Å². The second-order valence-electron chi connectivity index (χ2n) is 3.86. The molecule has 0 amide bonds. The Labute approximate surface area is 123 Å². The van der Waals surface area contributed by atoms with E-state index in [0.29, 0.717) is 15.8 Å². The Bertz CT molecular complexity index is 682. The van der Waals surface area contributed by atoms with Crippen LogP contribution in [0.2, 0.25) is 5.02 Å². The lowest BCUT2D eigenvalue weighted by Crippen LogP contribution is -1.93. The summed E-state index contributed by atoms with van der Waals surface area (Å²) in [6.45, 7) is 1.82. The van der Waals surface area contributed by atoms with Gasteiger partial charge in [-0.3, -0.25) is 0 Å². The third-order valence-electron chi connectivity index (χ3n) is 2.52. The molecule has 0 unspecified atom stereocenters. The summed E-state index contributed by atoms with van der Waals surface area (Å²) in [6, 6.07) is 9.86. The van der Waals surface area contributed by atoms with Crippen LogP contribution in [0.1, 0.15) is 11.1 Å². The van der Waals surface area contributed by atoms with Gasteiger partial charge in [0.2, 0.25) is 0 Å². The number of ether oxygens (including phenoxy) is 1. The minimum absolute atomic E-state index is 0.00418. The number of nitrogens with zero attached hydrogens (tertiary/aromatic N) is 1. The van der Waals surface area contributed by atoms with Crippen molar-refractivity contribution in [3.63, 3.8) is 0 Å². The first-order chi connectivity index (χ1) is 9.02. The summed E-state index contributed by atoms with van der Waals surface area (Å²) >= 11 is 8.92. The SMILES string of the molecule is Cc1cccc(C#N)c1Oc1cc(F)c(Cl)cc1Br. The average Bonchev–Trinajstić information content (AvgIpc) is 2.38. The molecular weight excluding hydrogens is 333 g/mol. The molecule has 0 aliphatic heterocycles. The van der Waals surface area contributed by atoms with E-state index in [1.54, 1.807) is 12.1 Å². The Hall–Kier alpha value is -1.57. The van der Waals surface area contributed by atoms with Gasteiger partial charge in [0.15, 0.2) is 0 Å². The third-order valence-corrected chi connectivity index (χ3v) is 3.43. The van der Waals surface area contributed by atoms with Crippen molar-refractivity contribution >= 4 is 27.5 Å². The van der Waals surface area contributed by atoms with E-state index in [1.165, 1.54) is 12.1 Å². The predicted molar refractivity (Wildman–Crippen MR) is 75.1 cm³/mol. The van der Waals surface area contributed by atoms with Crippen molar-refractivity contribution in [2.24, 2.45) is 0 Å². The van der Waals surface area contributed by atoms with Gasteiger partial charge in [-0.05, 0) is 40.5 Å². The fraction of sp³-hybridized carbons (Fsp3) is 0.0714. The predicted octanol–water partition coefficient (Wildman–Crippen LogP) is 5.21. The largest absolute Gasteiger partial charge is 0.454 e. The highest BCUT2D eigenvalue weighted by Crippen LogP contribution is 2.36. The van der Waals surface area contributed by atoms with Crippen LogP contribution in [-0.4, -0.2) is 0 Å². The van der Waals surface area contributed by atoms with Crippen LogP contribution < -0.4 is 4.74 Å². The molecule has 19 heavy (non-hydrogen) atoms. The molecule has 0 saturated carbocycles. The number of para-hydroxylation sites is 1. The molecule has 0 aliphatic rings. The molecule has 2 aromatic rings. The van der Waals surface area contributed by atoms with Gasteiger partial charge in [0.25, 0.3) is 0 Å².